The van der Waals surface area contributed by atoms with Crippen LogP contribution in [0.25, 0.3) is 0 Å². The Kier molecular flexibility index (Phi) is 8.51. The van der Waals surface area contributed by atoms with Gasteiger partial charge in [-0.1, -0.05) is 57.5 Å². The molecule has 0 fully saturated rings. The highest BCUT2D eigenvalue weighted by atomic mass is 16.5. The first-order valence-corrected chi connectivity index (χ1v) is 10.6. The highest BCUT2D eigenvalue weighted by Crippen LogP contribution is 2.26. The summed E-state index contributed by atoms with van der Waals surface area (Å²) in [7, 11) is 1.69. The summed E-state index contributed by atoms with van der Waals surface area (Å²) >= 11 is 0. The summed E-state index contributed by atoms with van der Waals surface area (Å²) < 4.78 is 7.50. The summed E-state index contributed by atoms with van der Waals surface area (Å²) in [5.74, 6) is 0.578. The molecule has 0 unspecified atom stereocenters. The topological polar surface area (TPSA) is 34.5 Å². The maximum absolute atomic E-state index is 13.0. The molecule has 160 valence electrons. The highest BCUT2D eigenvalue weighted by molar-refractivity contribution is 5.76. The first kappa shape index (κ1) is 23.2. The van der Waals surface area contributed by atoms with Crippen molar-refractivity contribution in [2.45, 2.75) is 60.5 Å². The van der Waals surface area contributed by atoms with Crippen molar-refractivity contribution in [1.82, 2.24) is 9.47 Å². The molecule has 1 heterocycles. The Morgan fingerprint density at radius 1 is 1.21 bits per heavy atom. The molecule has 0 saturated heterocycles. The number of hydrogen-bond acceptors (Lipinski definition) is 2. The lowest BCUT2D eigenvalue weighted by Crippen LogP contribution is -2.35. The average molecular weight is 399 g/mol. The van der Waals surface area contributed by atoms with Crippen molar-refractivity contribution in [3.8, 4) is 0 Å². The molecule has 0 aliphatic carbocycles. The quantitative estimate of drug-likeness (QED) is 0.545. The fraction of sp³-hybridized carbons (Fsp3) is 0.560. The minimum atomic E-state index is 0.210. The molecule has 0 bridgehead atoms. The fourth-order valence-corrected chi connectivity index (χ4v) is 3.99. The standard InChI is InChI=1S/C25H38N2O2/c1-20-9-7-10-22(15-20)18-26-12-8-11-23(26)19-27(13-14-29-6)24(28)16-21(2)17-25(3,4)5/h7-12,15,21H,13-14,16-19H2,1-6H3/t21-/m1/s1. The van der Waals surface area contributed by atoms with Gasteiger partial charge in [0.25, 0.3) is 0 Å². The van der Waals surface area contributed by atoms with Gasteiger partial charge in [0, 0.05) is 38.5 Å². The van der Waals surface area contributed by atoms with Crippen molar-refractivity contribution < 1.29 is 9.53 Å². The molecule has 0 spiro atoms. The van der Waals surface area contributed by atoms with Gasteiger partial charge in [-0.2, -0.15) is 0 Å². The highest BCUT2D eigenvalue weighted by Gasteiger charge is 2.21. The zero-order valence-electron chi connectivity index (χ0n) is 19.1. The van der Waals surface area contributed by atoms with Crippen LogP contribution >= 0.6 is 0 Å². The van der Waals surface area contributed by atoms with E-state index in [9.17, 15) is 4.79 Å². The molecule has 2 rings (SSSR count). The van der Waals surface area contributed by atoms with Gasteiger partial charge in [0.05, 0.1) is 13.2 Å². The lowest BCUT2D eigenvalue weighted by atomic mass is 9.84. The second-order valence-electron chi connectivity index (χ2n) is 9.50. The third-order valence-electron chi connectivity index (χ3n) is 5.11. The van der Waals surface area contributed by atoms with Gasteiger partial charge in [-0.25, -0.2) is 0 Å². The van der Waals surface area contributed by atoms with Crippen molar-refractivity contribution in [2.24, 2.45) is 11.3 Å². The molecular formula is C25H38N2O2. The second kappa shape index (κ2) is 10.6. The van der Waals surface area contributed by atoms with Crippen LogP contribution in [0.2, 0.25) is 0 Å². The summed E-state index contributed by atoms with van der Waals surface area (Å²) in [6.45, 7) is 13.6. The summed E-state index contributed by atoms with van der Waals surface area (Å²) in [4.78, 5) is 15.0. The van der Waals surface area contributed by atoms with E-state index in [1.165, 1.54) is 11.1 Å². The van der Waals surface area contributed by atoms with Crippen molar-refractivity contribution in [3.63, 3.8) is 0 Å². The Balaban J connectivity index is 2.08. The second-order valence-corrected chi connectivity index (χ2v) is 9.50. The molecule has 4 heteroatoms. The smallest absolute Gasteiger partial charge is 0.223 e. The third-order valence-corrected chi connectivity index (χ3v) is 5.11. The van der Waals surface area contributed by atoms with Crippen molar-refractivity contribution in [1.29, 1.82) is 0 Å². The summed E-state index contributed by atoms with van der Waals surface area (Å²) in [5.41, 5.74) is 3.93. The fourth-order valence-electron chi connectivity index (χ4n) is 3.99. The van der Waals surface area contributed by atoms with Crippen molar-refractivity contribution in [3.05, 3.63) is 59.4 Å². The molecule has 0 saturated carbocycles. The minimum absolute atomic E-state index is 0.210. The van der Waals surface area contributed by atoms with E-state index in [2.05, 4.69) is 81.8 Å². The molecule has 1 aromatic heterocycles. The monoisotopic (exact) mass is 398 g/mol. The molecule has 0 aliphatic heterocycles. The summed E-state index contributed by atoms with van der Waals surface area (Å²) in [6, 6.07) is 12.8. The number of methoxy groups -OCH3 is 1. The molecule has 0 radical (unpaired) electrons. The van der Waals surface area contributed by atoms with Crippen LogP contribution in [0.5, 0.6) is 0 Å². The Bertz CT molecular complexity index is 773. The van der Waals surface area contributed by atoms with Gasteiger partial charge in [0.15, 0.2) is 0 Å². The number of rotatable bonds is 10. The van der Waals surface area contributed by atoms with Crippen LogP contribution in [-0.4, -0.2) is 35.6 Å². The number of aromatic nitrogens is 1. The maximum atomic E-state index is 13.0. The van der Waals surface area contributed by atoms with E-state index in [-0.39, 0.29) is 11.3 Å². The van der Waals surface area contributed by atoms with Crippen LogP contribution in [-0.2, 0) is 22.6 Å². The number of amides is 1. The largest absolute Gasteiger partial charge is 0.383 e. The number of carbonyl (C=O) groups is 1. The van der Waals surface area contributed by atoms with Gasteiger partial charge in [-0.05, 0) is 42.4 Å². The van der Waals surface area contributed by atoms with Crippen LogP contribution < -0.4 is 0 Å². The SMILES string of the molecule is COCCN(Cc1cccn1Cc1cccc(C)c1)C(=O)C[C@@H](C)CC(C)(C)C. The van der Waals surface area contributed by atoms with Crippen molar-refractivity contribution >= 4 is 5.91 Å². The number of ether oxygens (including phenoxy) is 1. The van der Waals surface area contributed by atoms with Gasteiger partial charge < -0.3 is 14.2 Å². The number of hydrogen-bond donors (Lipinski definition) is 0. The Labute approximate surface area is 176 Å². The van der Waals surface area contributed by atoms with E-state index in [0.717, 1.165) is 18.7 Å². The molecule has 1 atom stereocenters. The minimum Gasteiger partial charge on any atom is -0.383 e. The van der Waals surface area contributed by atoms with E-state index < -0.39 is 0 Å². The van der Waals surface area contributed by atoms with E-state index in [1.54, 1.807) is 7.11 Å². The zero-order valence-corrected chi connectivity index (χ0v) is 19.1. The lowest BCUT2D eigenvalue weighted by Gasteiger charge is -2.27. The Morgan fingerprint density at radius 3 is 2.62 bits per heavy atom. The molecular weight excluding hydrogens is 360 g/mol. The number of aryl methyl sites for hydroxylation is 1. The molecule has 0 N–H and O–H groups in total. The molecule has 0 aliphatic rings. The zero-order chi connectivity index (χ0) is 21.4. The number of nitrogens with zero attached hydrogens (tertiary/aromatic N) is 2. The summed E-state index contributed by atoms with van der Waals surface area (Å²) in [6.07, 6.45) is 3.72. The van der Waals surface area contributed by atoms with Gasteiger partial charge in [-0.15, -0.1) is 0 Å². The van der Waals surface area contributed by atoms with Crippen LogP contribution in [0, 0.1) is 18.3 Å². The van der Waals surface area contributed by atoms with E-state index in [1.807, 2.05) is 4.90 Å². The number of carbonyl (C=O) groups excluding carboxylic acids is 1. The molecule has 2 aromatic rings. The van der Waals surface area contributed by atoms with Gasteiger partial charge in [0.2, 0.25) is 5.91 Å². The van der Waals surface area contributed by atoms with Gasteiger partial charge in [-0.3, -0.25) is 4.79 Å². The first-order chi connectivity index (χ1) is 13.7. The van der Waals surface area contributed by atoms with Crippen LogP contribution in [0.4, 0.5) is 0 Å². The van der Waals surface area contributed by atoms with E-state index >= 15 is 0 Å². The third kappa shape index (κ3) is 8.06. The normalized spacial score (nSPS) is 12.8. The lowest BCUT2D eigenvalue weighted by molar-refractivity contribution is -0.133. The predicted octanol–water partition coefficient (Wildman–Crippen LogP) is 5.28. The first-order valence-electron chi connectivity index (χ1n) is 10.6. The van der Waals surface area contributed by atoms with Crippen LogP contribution in [0.1, 0.15) is 57.4 Å². The molecule has 1 aromatic carbocycles. The Hall–Kier alpha value is -2.07. The molecule has 29 heavy (non-hydrogen) atoms. The van der Waals surface area contributed by atoms with Crippen LogP contribution in [0.3, 0.4) is 0 Å². The van der Waals surface area contributed by atoms with Crippen molar-refractivity contribution in [2.75, 3.05) is 20.3 Å². The summed E-state index contributed by atoms with van der Waals surface area (Å²) in [5, 5.41) is 0. The van der Waals surface area contributed by atoms with Gasteiger partial charge >= 0.3 is 0 Å². The number of benzene rings is 1. The average Bonchev–Trinajstić information content (AvgIpc) is 3.03. The molecule has 4 nitrogen and oxygen atoms in total. The van der Waals surface area contributed by atoms with Crippen LogP contribution in [0.15, 0.2) is 42.6 Å². The maximum Gasteiger partial charge on any atom is 0.223 e. The van der Waals surface area contributed by atoms with E-state index in [4.69, 9.17) is 4.74 Å². The Morgan fingerprint density at radius 2 is 1.97 bits per heavy atom. The predicted molar refractivity (Wildman–Crippen MR) is 120 cm³/mol. The van der Waals surface area contributed by atoms with Gasteiger partial charge in [0.1, 0.15) is 0 Å². The molecule has 1 amide bonds. The van der Waals surface area contributed by atoms with E-state index in [0.29, 0.717) is 32.0 Å².